The normalized spacial score (nSPS) is 12.6. The molecule has 64 valence electrons. The molecule has 0 bridgehead atoms. The smallest absolute Gasteiger partial charge is 0.214 e. The van der Waals surface area contributed by atoms with Gasteiger partial charge in [0, 0.05) is 6.20 Å². The van der Waals surface area contributed by atoms with E-state index in [1.807, 2.05) is 0 Å². The van der Waals surface area contributed by atoms with Crippen molar-refractivity contribution >= 4 is 11.2 Å². The number of pyridine rings is 1. The molecule has 13 heavy (non-hydrogen) atoms. The maximum absolute atomic E-state index is 8.64. The molecule has 0 aliphatic rings. The van der Waals surface area contributed by atoms with Gasteiger partial charge in [0.05, 0.1) is 6.07 Å². The molecule has 2 heterocycles. The average molecular weight is 173 g/mol. The van der Waals surface area contributed by atoms with E-state index in [-0.39, 0.29) is 5.92 Å². The van der Waals surface area contributed by atoms with Crippen molar-refractivity contribution in [2.45, 2.75) is 12.8 Å². The van der Waals surface area contributed by atoms with Crippen LogP contribution in [0.4, 0.5) is 0 Å². The van der Waals surface area contributed by atoms with Crippen molar-refractivity contribution in [1.29, 1.82) is 5.26 Å². The van der Waals surface area contributed by atoms with Crippen LogP contribution in [0.15, 0.2) is 22.7 Å². The quantitative estimate of drug-likeness (QED) is 0.660. The number of rotatable bonds is 1. The lowest BCUT2D eigenvalue weighted by Gasteiger charge is -1.90. The van der Waals surface area contributed by atoms with Gasteiger partial charge in [-0.3, -0.25) is 0 Å². The standard InChI is InChI=1S/C9H7N3O/c1-6(5-10)9-12-8-7(13-9)3-2-4-11-8/h2-4,6H,1H3. The highest BCUT2D eigenvalue weighted by Gasteiger charge is 2.12. The van der Waals surface area contributed by atoms with E-state index >= 15 is 0 Å². The van der Waals surface area contributed by atoms with Crippen LogP contribution in [0.1, 0.15) is 18.7 Å². The zero-order valence-corrected chi connectivity index (χ0v) is 7.06. The summed E-state index contributed by atoms with van der Waals surface area (Å²) in [6.45, 7) is 1.74. The van der Waals surface area contributed by atoms with Crippen LogP contribution in [0.2, 0.25) is 0 Å². The van der Waals surface area contributed by atoms with Crippen LogP contribution >= 0.6 is 0 Å². The summed E-state index contributed by atoms with van der Waals surface area (Å²) in [5, 5.41) is 8.64. The maximum atomic E-state index is 8.64. The van der Waals surface area contributed by atoms with Crippen molar-refractivity contribution in [2.24, 2.45) is 0 Å². The molecular weight excluding hydrogens is 166 g/mol. The Morgan fingerprint density at radius 3 is 3.15 bits per heavy atom. The summed E-state index contributed by atoms with van der Waals surface area (Å²) in [6.07, 6.45) is 1.64. The summed E-state index contributed by atoms with van der Waals surface area (Å²) in [5.41, 5.74) is 1.18. The fourth-order valence-electron chi connectivity index (χ4n) is 1.03. The first-order chi connectivity index (χ1) is 6.31. The van der Waals surface area contributed by atoms with E-state index in [9.17, 15) is 0 Å². The Bertz CT molecular complexity index is 436. The van der Waals surface area contributed by atoms with E-state index < -0.39 is 0 Å². The van der Waals surface area contributed by atoms with E-state index in [0.29, 0.717) is 17.1 Å². The highest BCUT2D eigenvalue weighted by molar-refractivity contribution is 5.67. The van der Waals surface area contributed by atoms with Gasteiger partial charge in [0.15, 0.2) is 11.2 Å². The summed E-state index contributed by atoms with van der Waals surface area (Å²) >= 11 is 0. The van der Waals surface area contributed by atoms with Crippen LogP contribution in [-0.2, 0) is 0 Å². The lowest BCUT2D eigenvalue weighted by atomic mass is 10.2. The molecule has 4 nitrogen and oxygen atoms in total. The minimum Gasteiger partial charge on any atom is -0.438 e. The van der Waals surface area contributed by atoms with Gasteiger partial charge < -0.3 is 4.42 Å². The third-order valence-electron chi connectivity index (χ3n) is 1.75. The largest absolute Gasteiger partial charge is 0.438 e. The highest BCUT2D eigenvalue weighted by atomic mass is 16.3. The number of nitriles is 1. The molecule has 0 N–H and O–H groups in total. The van der Waals surface area contributed by atoms with Gasteiger partial charge in [-0.2, -0.15) is 10.2 Å². The first kappa shape index (κ1) is 7.74. The van der Waals surface area contributed by atoms with Crippen LogP contribution in [0.5, 0.6) is 0 Å². The second-order valence-corrected chi connectivity index (χ2v) is 2.73. The second kappa shape index (κ2) is 2.87. The van der Waals surface area contributed by atoms with Gasteiger partial charge in [0.2, 0.25) is 5.89 Å². The van der Waals surface area contributed by atoms with Crippen LogP contribution < -0.4 is 0 Å². The molecule has 0 spiro atoms. The van der Waals surface area contributed by atoms with Crippen molar-refractivity contribution < 1.29 is 4.42 Å². The van der Waals surface area contributed by atoms with Gasteiger partial charge in [0.1, 0.15) is 5.92 Å². The third-order valence-corrected chi connectivity index (χ3v) is 1.75. The third kappa shape index (κ3) is 1.25. The molecule has 0 fully saturated rings. The van der Waals surface area contributed by atoms with Crippen LogP contribution in [0.25, 0.3) is 11.2 Å². The lowest BCUT2D eigenvalue weighted by molar-refractivity contribution is 0.520. The van der Waals surface area contributed by atoms with Gasteiger partial charge >= 0.3 is 0 Å². The first-order valence-electron chi connectivity index (χ1n) is 3.92. The zero-order valence-electron chi connectivity index (χ0n) is 7.06. The molecular formula is C9H7N3O. The Labute approximate surface area is 74.8 Å². The molecule has 1 unspecified atom stereocenters. The molecule has 0 aliphatic heterocycles. The SMILES string of the molecule is CC(C#N)c1nc2ncccc2o1. The van der Waals surface area contributed by atoms with Crippen molar-refractivity contribution in [3.63, 3.8) is 0 Å². The summed E-state index contributed by atoms with van der Waals surface area (Å²) in [5.74, 6) is 0.102. The molecule has 4 heteroatoms. The number of hydrogen-bond acceptors (Lipinski definition) is 4. The predicted octanol–water partition coefficient (Wildman–Crippen LogP) is 1.85. The number of fused-ring (bicyclic) bond motifs is 1. The molecule has 2 aromatic rings. The molecule has 1 atom stereocenters. The fourth-order valence-corrected chi connectivity index (χ4v) is 1.03. The van der Waals surface area contributed by atoms with Crippen molar-refractivity contribution in [3.05, 3.63) is 24.2 Å². The van der Waals surface area contributed by atoms with Gasteiger partial charge in [-0.15, -0.1) is 0 Å². The number of hydrogen-bond donors (Lipinski definition) is 0. The van der Waals surface area contributed by atoms with E-state index in [1.54, 1.807) is 25.3 Å². The molecule has 0 saturated carbocycles. The van der Waals surface area contributed by atoms with Gasteiger partial charge in [-0.05, 0) is 19.1 Å². The van der Waals surface area contributed by atoms with Crippen molar-refractivity contribution in [2.75, 3.05) is 0 Å². The maximum Gasteiger partial charge on any atom is 0.214 e. The molecule has 0 amide bonds. The number of aromatic nitrogens is 2. The Balaban J connectivity index is 2.57. The molecule has 2 aromatic heterocycles. The van der Waals surface area contributed by atoms with E-state index in [1.165, 1.54) is 0 Å². The number of oxazole rings is 1. The Kier molecular flexibility index (Phi) is 1.71. The Hall–Kier alpha value is -1.89. The minimum atomic E-state index is -0.325. The van der Waals surface area contributed by atoms with Gasteiger partial charge in [0.25, 0.3) is 0 Å². The van der Waals surface area contributed by atoms with Gasteiger partial charge in [-0.1, -0.05) is 0 Å². The monoisotopic (exact) mass is 173 g/mol. The zero-order chi connectivity index (χ0) is 9.26. The fraction of sp³-hybridized carbons (Fsp3) is 0.222. The highest BCUT2D eigenvalue weighted by Crippen LogP contribution is 2.18. The van der Waals surface area contributed by atoms with E-state index in [4.69, 9.17) is 9.68 Å². The summed E-state index contributed by atoms with van der Waals surface area (Å²) in [7, 11) is 0. The van der Waals surface area contributed by atoms with Crippen LogP contribution in [0, 0.1) is 11.3 Å². The Morgan fingerprint density at radius 2 is 2.46 bits per heavy atom. The lowest BCUT2D eigenvalue weighted by Crippen LogP contribution is -1.88. The summed E-state index contributed by atoms with van der Waals surface area (Å²) in [4.78, 5) is 8.09. The summed E-state index contributed by atoms with van der Waals surface area (Å²) in [6, 6.07) is 5.61. The van der Waals surface area contributed by atoms with Crippen molar-refractivity contribution in [1.82, 2.24) is 9.97 Å². The summed E-state index contributed by atoms with van der Waals surface area (Å²) < 4.78 is 5.32. The van der Waals surface area contributed by atoms with E-state index in [0.717, 1.165) is 0 Å². The van der Waals surface area contributed by atoms with Gasteiger partial charge in [-0.25, -0.2) is 4.98 Å². The molecule has 0 aromatic carbocycles. The van der Waals surface area contributed by atoms with Crippen LogP contribution in [0.3, 0.4) is 0 Å². The first-order valence-corrected chi connectivity index (χ1v) is 3.92. The number of nitrogens with zero attached hydrogens (tertiary/aromatic N) is 3. The minimum absolute atomic E-state index is 0.325. The Morgan fingerprint density at radius 1 is 1.62 bits per heavy atom. The topological polar surface area (TPSA) is 62.7 Å². The molecule has 0 saturated heterocycles. The average Bonchev–Trinajstić information content (AvgIpc) is 2.59. The molecule has 2 rings (SSSR count). The second-order valence-electron chi connectivity index (χ2n) is 2.73. The molecule has 0 aliphatic carbocycles. The predicted molar refractivity (Wildman–Crippen MR) is 45.8 cm³/mol. The molecule has 0 radical (unpaired) electrons. The van der Waals surface area contributed by atoms with Crippen LogP contribution in [-0.4, -0.2) is 9.97 Å². The van der Waals surface area contributed by atoms with Crippen molar-refractivity contribution in [3.8, 4) is 6.07 Å². The van der Waals surface area contributed by atoms with E-state index in [2.05, 4.69) is 16.0 Å².